The van der Waals surface area contributed by atoms with Crippen LogP contribution in [0.25, 0.3) is 11.1 Å². The first-order valence-electron chi connectivity index (χ1n) is 9.62. The van der Waals surface area contributed by atoms with Gasteiger partial charge in [0.1, 0.15) is 17.2 Å². The van der Waals surface area contributed by atoms with Crippen molar-refractivity contribution in [1.82, 2.24) is 10.6 Å². The Kier molecular flexibility index (Phi) is 5.58. The van der Waals surface area contributed by atoms with Gasteiger partial charge in [-0.15, -0.1) is 0 Å². The molecule has 0 unspecified atom stereocenters. The van der Waals surface area contributed by atoms with Crippen LogP contribution in [0, 0.1) is 11.3 Å². The number of barbiturate groups is 1. The highest BCUT2D eigenvalue weighted by atomic mass is 32.2. The van der Waals surface area contributed by atoms with Crippen molar-refractivity contribution in [2.45, 2.75) is 11.3 Å². The molecule has 34 heavy (non-hydrogen) atoms. The van der Waals surface area contributed by atoms with E-state index in [0.717, 1.165) is 12.1 Å². The predicted octanol–water partition coefficient (Wildman–Crippen LogP) is 1.37. The molecule has 4 N–H and O–H groups in total. The summed E-state index contributed by atoms with van der Waals surface area (Å²) in [4.78, 5) is 48.7. The normalized spacial score (nSPS) is 16.9. The lowest BCUT2D eigenvalue weighted by Crippen LogP contribution is -2.51. The third-order valence-corrected chi connectivity index (χ3v) is 6.06. The number of rotatable bonds is 3. The maximum Gasteiger partial charge on any atom is 0.328 e. The third kappa shape index (κ3) is 4.08. The second-order valence-corrected chi connectivity index (χ2v) is 8.65. The van der Waals surface area contributed by atoms with Gasteiger partial charge >= 0.3 is 6.03 Å². The molecule has 2 aliphatic rings. The third-order valence-electron chi connectivity index (χ3n) is 5.19. The van der Waals surface area contributed by atoms with E-state index in [1.165, 1.54) is 12.1 Å². The van der Waals surface area contributed by atoms with Gasteiger partial charge in [-0.2, -0.15) is 13.7 Å². The van der Waals surface area contributed by atoms with Crippen LogP contribution in [0.15, 0.2) is 64.6 Å². The van der Waals surface area contributed by atoms with Crippen LogP contribution >= 0.6 is 0 Å². The van der Waals surface area contributed by atoms with Crippen molar-refractivity contribution < 1.29 is 32.1 Å². The topological polar surface area (TPSA) is 183 Å². The van der Waals surface area contributed by atoms with Gasteiger partial charge in [-0.1, -0.05) is 24.3 Å². The monoisotopic (exact) mass is 478 g/mol. The van der Waals surface area contributed by atoms with Gasteiger partial charge in [0.15, 0.2) is 0 Å². The molecule has 0 radical (unpaired) electrons. The number of carbonyl (C=O) groups is 4. The van der Waals surface area contributed by atoms with E-state index in [9.17, 15) is 32.9 Å². The summed E-state index contributed by atoms with van der Waals surface area (Å²) in [6.07, 6.45) is -0.0955. The standard InChI is InChI=1S/C22H14N4O7S/c23-10-17(19(27)24-11-5-7-12(8-6-11)34(31,32)33)15-9-16(14-4-2-1-3-13(14)15)18-20(28)25-22(30)26-21(18)29/h1-8H,9H2,(H,24,27)(H,31,32,33)(H2,25,26,28,29,30)/b17-15-. The molecule has 4 rings (SSSR count). The Labute approximate surface area is 192 Å². The maximum absolute atomic E-state index is 12.9. The lowest BCUT2D eigenvalue weighted by molar-refractivity contribution is -0.124. The quantitative estimate of drug-likeness (QED) is 0.221. The average molecular weight is 478 g/mol. The van der Waals surface area contributed by atoms with Crippen LogP contribution in [0.5, 0.6) is 0 Å². The van der Waals surface area contributed by atoms with Crippen molar-refractivity contribution in [2.75, 3.05) is 5.32 Å². The summed E-state index contributed by atoms with van der Waals surface area (Å²) in [5, 5.41) is 16.2. The number of benzene rings is 2. The number of allylic oxidation sites excluding steroid dienone is 2. The van der Waals surface area contributed by atoms with Crippen LogP contribution in [0.1, 0.15) is 17.5 Å². The first-order valence-corrected chi connectivity index (χ1v) is 11.1. The van der Waals surface area contributed by atoms with Crippen LogP contribution in [0.3, 0.4) is 0 Å². The number of nitrogens with zero attached hydrogens (tertiary/aromatic N) is 1. The van der Waals surface area contributed by atoms with Crippen molar-refractivity contribution in [2.24, 2.45) is 0 Å². The zero-order chi connectivity index (χ0) is 24.6. The first kappa shape index (κ1) is 22.6. The molecule has 12 heteroatoms. The molecule has 5 amide bonds. The van der Waals surface area contributed by atoms with E-state index >= 15 is 0 Å². The van der Waals surface area contributed by atoms with E-state index in [-0.39, 0.29) is 39.3 Å². The molecule has 0 atom stereocenters. The number of hydrogen-bond acceptors (Lipinski definition) is 7. The lowest BCUT2D eigenvalue weighted by atomic mass is 9.99. The summed E-state index contributed by atoms with van der Waals surface area (Å²) in [7, 11) is -4.41. The van der Waals surface area contributed by atoms with Crippen LogP contribution in [0.2, 0.25) is 0 Å². The van der Waals surface area contributed by atoms with Crippen molar-refractivity contribution in [3.05, 3.63) is 70.8 Å². The number of hydrogen-bond donors (Lipinski definition) is 4. The molecule has 1 aliphatic carbocycles. The lowest BCUT2D eigenvalue weighted by Gasteiger charge is -2.16. The Bertz CT molecular complexity index is 1470. The van der Waals surface area contributed by atoms with Gasteiger partial charge in [0.05, 0.1) is 4.90 Å². The van der Waals surface area contributed by atoms with Gasteiger partial charge in [-0.25, -0.2) is 4.79 Å². The minimum absolute atomic E-state index is 0.0955. The Morgan fingerprint density at radius 3 is 2.12 bits per heavy atom. The minimum Gasteiger partial charge on any atom is -0.321 e. The smallest absolute Gasteiger partial charge is 0.321 e. The molecule has 0 saturated carbocycles. The molecular weight excluding hydrogens is 464 g/mol. The number of carbonyl (C=O) groups excluding carboxylic acids is 4. The average Bonchev–Trinajstić information content (AvgIpc) is 3.12. The fraction of sp³-hybridized carbons (Fsp3) is 0.0455. The molecule has 1 aliphatic heterocycles. The number of nitriles is 1. The van der Waals surface area contributed by atoms with Gasteiger partial charge in [0.25, 0.3) is 27.8 Å². The summed E-state index contributed by atoms with van der Waals surface area (Å²) in [5.74, 6) is -2.57. The zero-order valence-electron chi connectivity index (χ0n) is 17.1. The second kappa shape index (κ2) is 8.39. The number of anilines is 1. The van der Waals surface area contributed by atoms with Gasteiger partial charge in [0.2, 0.25) is 0 Å². The van der Waals surface area contributed by atoms with E-state index < -0.39 is 33.9 Å². The minimum atomic E-state index is -4.41. The molecule has 0 aromatic heterocycles. The second-order valence-electron chi connectivity index (χ2n) is 7.23. The number of nitrogens with one attached hydrogen (secondary N) is 3. The summed E-state index contributed by atoms with van der Waals surface area (Å²) < 4.78 is 31.4. The number of imide groups is 2. The molecule has 11 nitrogen and oxygen atoms in total. The van der Waals surface area contributed by atoms with Crippen LogP contribution in [-0.2, 0) is 24.5 Å². The van der Waals surface area contributed by atoms with Gasteiger partial charge in [-0.3, -0.25) is 29.6 Å². The highest BCUT2D eigenvalue weighted by molar-refractivity contribution is 7.85. The van der Waals surface area contributed by atoms with E-state index in [0.29, 0.717) is 11.1 Å². The van der Waals surface area contributed by atoms with Gasteiger partial charge in [0, 0.05) is 12.1 Å². The molecular formula is C22H14N4O7S. The fourth-order valence-electron chi connectivity index (χ4n) is 3.72. The molecule has 0 bridgehead atoms. The SMILES string of the molecule is N#C/C(C(=O)Nc1ccc(S(=O)(=O)O)cc1)=C1\CC(=C2C(=O)NC(=O)NC2=O)c2ccccc21. The van der Waals surface area contributed by atoms with Crippen molar-refractivity contribution in [3.63, 3.8) is 0 Å². The molecule has 0 spiro atoms. The number of urea groups is 1. The highest BCUT2D eigenvalue weighted by Crippen LogP contribution is 2.44. The van der Waals surface area contributed by atoms with E-state index in [2.05, 4.69) is 5.32 Å². The maximum atomic E-state index is 12.9. The Balaban J connectivity index is 1.75. The molecule has 1 fully saturated rings. The molecule has 1 saturated heterocycles. The Morgan fingerprint density at radius 1 is 0.971 bits per heavy atom. The molecule has 2 aromatic carbocycles. The first-order chi connectivity index (χ1) is 16.1. The van der Waals surface area contributed by atoms with Crippen LogP contribution < -0.4 is 16.0 Å². The predicted molar refractivity (Wildman–Crippen MR) is 117 cm³/mol. The summed E-state index contributed by atoms with van der Waals surface area (Å²) in [6, 6.07) is 12.1. The van der Waals surface area contributed by atoms with Crippen molar-refractivity contribution in [1.29, 1.82) is 5.26 Å². The Hall–Kier alpha value is -4.60. The summed E-state index contributed by atoms with van der Waals surface area (Å²) in [5.41, 5.74) is 1.05. The van der Waals surface area contributed by atoms with E-state index in [1.807, 2.05) is 16.7 Å². The molecule has 2 aromatic rings. The largest absolute Gasteiger partial charge is 0.328 e. The number of fused-ring (bicyclic) bond motifs is 1. The fourth-order valence-corrected chi connectivity index (χ4v) is 4.20. The highest BCUT2D eigenvalue weighted by Gasteiger charge is 2.36. The van der Waals surface area contributed by atoms with Crippen molar-refractivity contribution >= 4 is 50.7 Å². The van der Waals surface area contributed by atoms with Crippen molar-refractivity contribution in [3.8, 4) is 6.07 Å². The van der Waals surface area contributed by atoms with Crippen LogP contribution in [0.4, 0.5) is 10.5 Å². The zero-order valence-corrected chi connectivity index (χ0v) is 17.9. The summed E-state index contributed by atoms with van der Waals surface area (Å²) >= 11 is 0. The van der Waals surface area contributed by atoms with E-state index in [1.54, 1.807) is 24.3 Å². The van der Waals surface area contributed by atoms with E-state index in [4.69, 9.17) is 4.55 Å². The molecule has 170 valence electrons. The molecule has 1 heterocycles. The number of amides is 5. The van der Waals surface area contributed by atoms with Gasteiger partial charge < -0.3 is 5.32 Å². The Morgan fingerprint density at radius 2 is 1.56 bits per heavy atom. The van der Waals surface area contributed by atoms with Crippen LogP contribution in [-0.4, -0.2) is 36.7 Å². The summed E-state index contributed by atoms with van der Waals surface area (Å²) in [6.45, 7) is 0. The van der Waals surface area contributed by atoms with Gasteiger partial charge in [-0.05, 0) is 46.5 Å².